The number of aliphatic hydroxyl groups excluding tert-OH is 1. The van der Waals surface area contributed by atoms with Crippen LogP contribution < -0.4 is 4.90 Å². The first-order valence-electron chi connectivity index (χ1n) is 10.6. The number of hydrogen-bond donors (Lipinski definition) is 1. The van der Waals surface area contributed by atoms with Gasteiger partial charge in [0.2, 0.25) is 0 Å². The first-order chi connectivity index (χ1) is 14.9. The Morgan fingerprint density at radius 2 is 1.65 bits per heavy atom. The van der Waals surface area contributed by atoms with Gasteiger partial charge in [0.1, 0.15) is 5.76 Å². The standard InChI is InChI=1S/C25H30N2O4/c1-5-26(6-2)20-13-11-18(12-14-20)22-21(23(28)19-9-7-17(3)8-10-19)24(29)25(30)27(22)15-16-31-4/h7-14,22,28H,5-6,15-16H2,1-4H3/b23-21-. The number of carbonyl (C=O) groups is 2. The van der Waals surface area contributed by atoms with E-state index in [1.807, 2.05) is 43.3 Å². The summed E-state index contributed by atoms with van der Waals surface area (Å²) < 4.78 is 5.15. The molecule has 6 nitrogen and oxygen atoms in total. The molecule has 2 aromatic carbocycles. The lowest BCUT2D eigenvalue weighted by molar-refractivity contribution is -0.140. The molecular formula is C25H30N2O4. The van der Waals surface area contributed by atoms with Crippen molar-refractivity contribution in [3.8, 4) is 0 Å². The number of Topliss-reactive ketones (excluding diaryl/α,β-unsaturated/α-hetero) is 1. The third-order valence-electron chi connectivity index (χ3n) is 5.74. The molecule has 1 unspecified atom stereocenters. The number of hydrogen-bond acceptors (Lipinski definition) is 5. The quantitative estimate of drug-likeness (QED) is 0.397. The molecule has 6 heteroatoms. The van der Waals surface area contributed by atoms with Crippen LogP contribution in [0.2, 0.25) is 0 Å². The van der Waals surface area contributed by atoms with Gasteiger partial charge in [-0.25, -0.2) is 0 Å². The average molecular weight is 423 g/mol. The van der Waals surface area contributed by atoms with Crippen molar-refractivity contribution in [2.45, 2.75) is 26.8 Å². The maximum Gasteiger partial charge on any atom is 0.295 e. The monoisotopic (exact) mass is 422 g/mol. The molecule has 1 N–H and O–H groups in total. The van der Waals surface area contributed by atoms with Crippen LogP contribution >= 0.6 is 0 Å². The second kappa shape index (κ2) is 9.79. The molecule has 0 bridgehead atoms. The van der Waals surface area contributed by atoms with Crippen molar-refractivity contribution < 1.29 is 19.4 Å². The predicted octanol–water partition coefficient (Wildman–Crippen LogP) is 3.91. The smallest absolute Gasteiger partial charge is 0.295 e. The second-order valence-corrected chi connectivity index (χ2v) is 7.62. The maximum absolute atomic E-state index is 13.0. The van der Waals surface area contributed by atoms with Crippen LogP contribution in [0.25, 0.3) is 5.76 Å². The van der Waals surface area contributed by atoms with Crippen molar-refractivity contribution >= 4 is 23.1 Å². The fraction of sp³-hybridized carbons (Fsp3) is 0.360. The van der Waals surface area contributed by atoms with Gasteiger partial charge in [-0.2, -0.15) is 0 Å². The Morgan fingerprint density at radius 1 is 1.03 bits per heavy atom. The first-order valence-corrected chi connectivity index (χ1v) is 10.6. The highest BCUT2D eigenvalue weighted by atomic mass is 16.5. The number of rotatable bonds is 8. The minimum Gasteiger partial charge on any atom is -0.507 e. The van der Waals surface area contributed by atoms with Gasteiger partial charge in [-0.15, -0.1) is 0 Å². The van der Waals surface area contributed by atoms with Crippen molar-refractivity contribution in [3.63, 3.8) is 0 Å². The highest BCUT2D eigenvalue weighted by molar-refractivity contribution is 6.46. The van der Waals surface area contributed by atoms with Crippen LogP contribution in [-0.2, 0) is 14.3 Å². The number of ether oxygens (including phenoxy) is 1. The number of aryl methyl sites for hydroxylation is 1. The first kappa shape index (κ1) is 22.6. The van der Waals surface area contributed by atoms with Crippen molar-refractivity contribution in [2.75, 3.05) is 38.3 Å². The lowest BCUT2D eigenvalue weighted by Crippen LogP contribution is -2.32. The van der Waals surface area contributed by atoms with Gasteiger partial charge in [-0.1, -0.05) is 42.0 Å². The van der Waals surface area contributed by atoms with Crippen LogP contribution in [0.1, 0.15) is 36.6 Å². The summed E-state index contributed by atoms with van der Waals surface area (Å²) in [7, 11) is 1.55. The fourth-order valence-electron chi connectivity index (χ4n) is 3.97. The van der Waals surface area contributed by atoms with Gasteiger partial charge in [0.15, 0.2) is 0 Å². The van der Waals surface area contributed by atoms with Crippen LogP contribution in [0.3, 0.4) is 0 Å². The zero-order chi connectivity index (χ0) is 22.5. The molecule has 0 aliphatic carbocycles. The molecule has 1 amide bonds. The van der Waals surface area contributed by atoms with Gasteiger partial charge >= 0.3 is 0 Å². The van der Waals surface area contributed by atoms with Crippen molar-refractivity contribution in [3.05, 3.63) is 70.8 Å². The van der Waals surface area contributed by atoms with Crippen molar-refractivity contribution in [1.29, 1.82) is 0 Å². The molecule has 2 aromatic rings. The molecule has 0 radical (unpaired) electrons. The zero-order valence-electron chi connectivity index (χ0n) is 18.6. The Bertz CT molecular complexity index is 960. The second-order valence-electron chi connectivity index (χ2n) is 7.62. The van der Waals surface area contributed by atoms with Gasteiger partial charge in [0.25, 0.3) is 11.7 Å². The molecule has 1 aliphatic rings. The Balaban J connectivity index is 2.10. The number of amides is 1. The van der Waals surface area contributed by atoms with E-state index in [9.17, 15) is 14.7 Å². The number of nitrogens with zero attached hydrogens (tertiary/aromatic N) is 2. The molecular weight excluding hydrogens is 392 g/mol. The topological polar surface area (TPSA) is 70.1 Å². The molecule has 3 rings (SSSR count). The molecule has 0 spiro atoms. The number of anilines is 1. The fourth-order valence-corrected chi connectivity index (χ4v) is 3.97. The summed E-state index contributed by atoms with van der Waals surface area (Å²) in [4.78, 5) is 29.5. The molecule has 31 heavy (non-hydrogen) atoms. The van der Waals surface area contributed by atoms with E-state index in [2.05, 4.69) is 18.7 Å². The van der Waals surface area contributed by atoms with E-state index in [4.69, 9.17) is 4.74 Å². The third-order valence-corrected chi connectivity index (χ3v) is 5.74. The Hall–Kier alpha value is -3.12. The summed E-state index contributed by atoms with van der Waals surface area (Å²) in [6, 6.07) is 14.4. The minimum atomic E-state index is -0.674. The highest BCUT2D eigenvalue weighted by Crippen LogP contribution is 2.39. The number of methoxy groups -OCH3 is 1. The third kappa shape index (κ3) is 4.49. The van der Waals surface area contributed by atoms with Crippen molar-refractivity contribution in [1.82, 2.24) is 4.90 Å². The lowest BCUT2D eigenvalue weighted by atomic mass is 9.95. The maximum atomic E-state index is 13.0. The minimum absolute atomic E-state index is 0.112. The number of carbonyl (C=O) groups excluding carboxylic acids is 2. The molecule has 1 aliphatic heterocycles. The Morgan fingerprint density at radius 3 is 2.19 bits per heavy atom. The van der Waals surface area contributed by atoms with Crippen LogP contribution in [0.5, 0.6) is 0 Å². The number of benzene rings is 2. The molecule has 1 heterocycles. The number of aliphatic hydroxyl groups is 1. The van der Waals surface area contributed by atoms with Gasteiger partial charge in [0, 0.05) is 38.0 Å². The van der Waals surface area contributed by atoms with Gasteiger partial charge in [-0.05, 0) is 38.5 Å². The van der Waals surface area contributed by atoms with E-state index in [1.54, 1.807) is 19.2 Å². The molecule has 1 saturated heterocycles. The van der Waals surface area contributed by atoms with E-state index < -0.39 is 17.7 Å². The van der Waals surface area contributed by atoms with Gasteiger partial charge in [-0.3, -0.25) is 9.59 Å². The van der Waals surface area contributed by atoms with E-state index in [0.29, 0.717) is 12.2 Å². The van der Waals surface area contributed by atoms with E-state index >= 15 is 0 Å². The van der Waals surface area contributed by atoms with Gasteiger partial charge in [0.05, 0.1) is 18.2 Å². The summed E-state index contributed by atoms with van der Waals surface area (Å²) in [5, 5.41) is 11.0. The SMILES string of the molecule is CCN(CC)c1ccc(C2/C(=C(/O)c3ccc(C)cc3)C(=O)C(=O)N2CCOC)cc1. The highest BCUT2D eigenvalue weighted by Gasteiger charge is 2.45. The molecule has 164 valence electrons. The van der Waals surface area contributed by atoms with E-state index in [1.165, 1.54) is 4.90 Å². The molecule has 0 saturated carbocycles. The summed E-state index contributed by atoms with van der Waals surface area (Å²) in [5.74, 6) is -1.45. The summed E-state index contributed by atoms with van der Waals surface area (Å²) in [6.45, 7) is 8.47. The normalized spacial score (nSPS) is 17.9. The lowest BCUT2D eigenvalue weighted by Gasteiger charge is -2.26. The molecule has 1 fully saturated rings. The van der Waals surface area contributed by atoms with E-state index in [-0.39, 0.29) is 17.9 Å². The van der Waals surface area contributed by atoms with Crippen LogP contribution in [-0.4, -0.2) is 55.0 Å². The molecule has 0 aromatic heterocycles. The Kier molecular flexibility index (Phi) is 7.13. The number of likely N-dealkylation sites (tertiary alicyclic amines) is 1. The zero-order valence-corrected chi connectivity index (χ0v) is 18.6. The largest absolute Gasteiger partial charge is 0.507 e. The Labute approximate surface area is 183 Å². The van der Waals surface area contributed by atoms with Crippen LogP contribution in [0.15, 0.2) is 54.1 Å². The predicted molar refractivity (Wildman–Crippen MR) is 122 cm³/mol. The average Bonchev–Trinajstić information content (AvgIpc) is 3.03. The summed E-state index contributed by atoms with van der Waals surface area (Å²) in [5.41, 5.74) is 3.52. The number of ketones is 1. The van der Waals surface area contributed by atoms with Crippen molar-refractivity contribution in [2.24, 2.45) is 0 Å². The van der Waals surface area contributed by atoms with Crippen LogP contribution in [0.4, 0.5) is 5.69 Å². The van der Waals surface area contributed by atoms with Crippen LogP contribution in [0, 0.1) is 6.92 Å². The van der Waals surface area contributed by atoms with Gasteiger partial charge < -0.3 is 19.6 Å². The summed E-state index contributed by atoms with van der Waals surface area (Å²) in [6.07, 6.45) is 0. The summed E-state index contributed by atoms with van der Waals surface area (Å²) >= 11 is 0. The van der Waals surface area contributed by atoms with E-state index in [0.717, 1.165) is 29.9 Å². The molecule has 1 atom stereocenters.